The minimum absolute atomic E-state index is 0.0849. The molecule has 2 aliphatic rings. The molecule has 0 aliphatic carbocycles. The lowest BCUT2D eigenvalue weighted by Crippen LogP contribution is -2.19. The minimum atomic E-state index is -0.405. The molecule has 8 rings (SSSR count). The average molecular weight is 851 g/mol. The van der Waals surface area contributed by atoms with Crippen LogP contribution in [0, 0.1) is 13.8 Å². The molecule has 2 aliphatic heterocycles. The molecule has 4 aromatic heterocycles. The number of nitrogens with zero attached hydrogens (tertiary/aromatic N) is 6. The molecular weight excluding hydrogens is 803 g/mol. The Morgan fingerprint density at radius 2 is 1.23 bits per heavy atom. The standard InChI is InChI=1S/C22H25N5OS.C21H23BrN4S/c1-4-27-22-18(19(26-27)17-7-5-6-10-24-17)20(29-12-14(3)25-22)16-9-8-15(21(23)28)11-13(16)2;1-4-26-21-18(19(25-26)17-7-5-6-10-23-17)20(27-12-14(3)24-21)16-9-8-15(22)11-13(16)2/h5-11,14,20,25H,4,12H2,1-3H3,(H2,23,28);5-11,14,20,24H,4,12H2,1-3H3. The highest BCUT2D eigenvalue weighted by molar-refractivity contribution is 9.10. The highest BCUT2D eigenvalue weighted by Gasteiger charge is 2.34. The van der Waals surface area contributed by atoms with Gasteiger partial charge in [0.2, 0.25) is 5.91 Å². The Balaban J connectivity index is 0.000000172. The topological polar surface area (TPSA) is 129 Å². The molecule has 4 unspecified atom stereocenters. The van der Waals surface area contributed by atoms with Crippen LogP contribution in [0.15, 0.2) is 89.7 Å². The number of amides is 1. The number of carbonyl (C=O) groups is 1. The van der Waals surface area contributed by atoms with Gasteiger partial charge in [0, 0.05) is 70.2 Å². The zero-order valence-corrected chi connectivity index (χ0v) is 35.8. The largest absolute Gasteiger partial charge is 0.367 e. The van der Waals surface area contributed by atoms with E-state index in [1.807, 2.05) is 95.9 Å². The fourth-order valence-corrected chi connectivity index (χ4v) is 10.6. The molecule has 1 amide bonds. The molecule has 2 aromatic carbocycles. The van der Waals surface area contributed by atoms with Gasteiger partial charge in [0.25, 0.3) is 0 Å². The summed E-state index contributed by atoms with van der Waals surface area (Å²) in [4.78, 5) is 20.8. The molecule has 0 spiro atoms. The number of benzene rings is 2. The number of nitrogens with one attached hydrogen (secondary N) is 2. The molecule has 4 atom stereocenters. The van der Waals surface area contributed by atoms with Gasteiger partial charge in [-0.2, -0.15) is 10.2 Å². The lowest BCUT2D eigenvalue weighted by atomic mass is 9.96. The second-order valence-electron chi connectivity index (χ2n) is 14.2. The summed E-state index contributed by atoms with van der Waals surface area (Å²) in [6.45, 7) is 14.5. The van der Waals surface area contributed by atoms with E-state index in [1.165, 1.54) is 22.3 Å². The van der Waals surface area contributed by atoms with E-state index in [-0.39, 0.29) is 10.5 Å². The van der Waals surface area contributed by atoms with E-state index in [0.717, 1.165) is 74.6 Å². The second-order valence-corrected chi connectivity index (χ2v) is 17.4. The Bertz CT molecular complexity index is 2330. The number of nitrogens with two attached hydrogens (primary N) is 1. The van der Waals surface area contributed by atoms with Crippen LogP contribution in [0.3, 0.4) is 0 Å². The number of pyridine rings is 2. The summed E-state index contributed by atoms with van der Waals surface area (Å²) in [5.74, 6) is 3.77. The maximum atomic E-state index is 11.6. The van der Waals surface area contributed by atoms with Crippen molar-refractivity contribution in [2.24, 2.45) is 5.73 Å². The summed E-state index contributed by atoms with van der Waals surface area (Å²) >= 11 is 7.47. The van der Waals surface area contributed by atoms with Crippen molar-refractivity contribution >= 4 is 57.0 Å². The lowest BCUT2D eigenvalue weighted by Gasteiger charge is -2.19. The van der Waals surface area contributed by atoms with Crippen LogP contribution in [-0.2, 0) is 13.1 Å². The van der Waals surface area contributed by atoms with Crippen LogP contribution in [0.4, 0.5) is 11.6 Å². The molecule has 6 heterocycles. The fraction of sp³-hybridized carbons (Fsp3) is 0.326. The third kappa shape index (κ3) is 8.12. The van der Waals surface area contributed by atoms with Gasteiger partial charge in [-0.05, 0) is 112 Å². The van der Waals surface area contributed by atoms with Crippen LogP contribution in [0.5, 0.6) is 0 Å². The molecule has 13 heteroatoms. The van der Waals surface area contributed by atoms with Crippen LogP contribution < -0.4 is 16.4 Å². The van der Waals surface area contributed by atoms with E-state index >= 15 is 0 Å². The molecule has 290 valence electrons. The lowest BCUT2D eigenvalue weighted by molar-refractivity contribution is 0.1000. The number of hydrogen-bond acceptors (Lipinski definition) is 9. The van der Waals surface area contributed by atoms with Crippen LogP contribution in [-0.4, -0.2) is 59.0 Å². The van der Waals surface area contributed by atoms with Crippen molar-refractivity contribution in [1.29, 1.82) is 0 Å². The molecule has 0 radical (unpaired) electrons. The third-order valence-electron chi connectivity index (χ3n) is 10.1. The van der Waals surface area contributed by atoms with Gasteiger partial charge in [-0.3, -0.25) is 14.8 Å². The van der Waals surface area contributed by atoms with Crippen molar-refractivity contribution in [2.75, 3.05) is 22.1 Å². The molecular formula is C43H48BrN9OS2. The van der Waals surface area contributed by atoms with Gasteiger partial charge in [-0.1, -0.05) is 40.2 Å². The van der Waals surface area contributed by atoms with Crippen molar-refractivity contribution in [3.05, 3.63) is 129 Å². The fourth-order valence-electron chi connectivity index (χ4n) is 7.34. The summed E-state index contributed by atoms with van der Waals surface area (Å²) in [5, 5.41) is 17.5. The monoisotopic (exact) mass is 849 g/mol. The molecule has 6 aromatic rings. The zero-order chi connectivity index (χ0) is 39.5. The maximum absolute atomic E-state index is 11.6. The van der Waals surface area contributed by atoms with E-state index in [2.05, 4.69) is 94.0 Å². The highest BCUT2D eigenvalue weighted by atomic mass is 79.9. The molecule has 0 fully saturated rings. The molecule has 0 saturated heterocycles. The van der Waals surface area contributed by atoms with Gasteiger partial charge in [0.15, 0.2) is 0 Å². The van der Waals surface area contributed by atoms with Gasteiger partial charge in [-0.25, -0.2) is 9.36 Å². The number of anilines is 2. The average Bonchev–Trinajstić information content (AvgIpc) is 3.62. The predicted octanol–water partition coefficient (Wildman–Crippen LogP) is 9.68. The Morgan fingerprint density at radius 3 is 1.64 bits per heavy atom. The first-order valence-corrected chi connectivity index (χ1v) is 21.9. The number of thioether (sulfide) groups is 2. The third-order valence-corrected chi connectivity index (χ3v) is 13.6. The second kappa shape index (κ2) is 17.3. The van der Waals surface area contributed by atoms with Crippen LogP contribution in [0.2, 0.25) is 0 Å². The Kier molecular flexibility index (Phi) is 12.2. The highest BCUT2D eigenvalue weighted by Crippen LogP contribution is 2.49. The van der Waals surface area contributed by atoms with Crippen LogP contribution >= 0.6 is 39.5 Å². The summed E-state index contributed by atoms with van der Waals surface area (Å²) in [7, 11) is 0. The van der Waals surface area contributed by atoms with Crippen LogP contribution in [0.25, 0.3) is 22.8 Å². The molecule has 56 heavy (non-hydrogen) atoms. The molecule has 0 bridgehead atoms. The number of primary amides is 1. The van der Waals surface area contributed by atoms with Crippen molar-refractivity contribution in [1.82, 2.24) is 29.5 Å². The molecule has 10 nitrogen and oxygen atoms in total. The van der Waals surface area contributed by atoms with E-state index in [1.54, 1.807) is 6.20 Å². The smallest absolute Gasteiger partial charge is 0.248 e. The number of rotatable bonds is 7. The first-order chi connectivity index (χ1) is 27.1. The number of hydrogen-bond donors (Lipinski definition) is 3. The quantitative estimate of drug-likeness (QED) is 0.144. The van der Waals surface area contributed by atoms with E-state index < -0.39 is 5.91 Å². The summed E-state index contributed by atoms with van der Waals surface area (Å²) in [6, 6.07) is 24.9. The van der Waals surface area contributed by atoms with E-state index in [9.17, 15) is 4.79 Å². The van der Waals surface area contributed by atoms with Gasteiger partial charge >= 0.3 is 0 Å². The van der Waals surface area contributed by atoms with Gasteiger partial charge in [0.05, 0.1) is 21.9 Å². The van der Waals surface area contributed by atoms with Gasteiger partial charge in [0.1, 0.15) is 23.0 Å². The number of aryl methyl sites for hydroxylation is 4. The number of halogens is 1. The molecule has 4 N–H and O–H groups in total. The van der Waals surface area contributed by atoms with Crippen LogP contribution in [0.1, 0.15) is 81.9 Å². The Hall–Kier alpha value is -4.59. The molecule has 0 saturated carbocycles. The van der Waals surface area contributed by atoms with E-state index in [0.29, 0.717) is 17.6 Å². The first kappa shape index (κ1) is 39.6. The SMILES string of the molecule is CCn1nc(-c2ccccn2)c2c1NC(C)CSC2c1ccc(Br)cc1C.CCn1nc(-c2ccccn2)c2c1NC(C)CSC2c1ccc(C(N)=O)cc1C. The van der Waals surface area contributed by atoms with Gasteiger partial charge in [-0.15, -0.1) is 23.5 Å². The summed E-state index contributed by atoms with van der Waals surface area (Å²) < 4.78 is 5.23. The van der Waals surface area contributed by atoms with Crippen molar-refractivity contribution in [3.8, 4) is 22.8 Å². The van der Waals surface area contributed by atoms with Crippen molar-refractivity contribution in [3.63, 3.8) is 0 Å². The zero-order valence-electron chi connectivity index (χ0n) is 32.6. The van der Waals surface area contributed by atoms with Gasteiger partial charge < -0.3 is 16.4 Å². The number of carbonyl (C=O) groups excluding carboxylic acids is 1. The predicted molar refractivity (Wildman–Crippen MR) is 236 cm³/mol. The van der Waals surface area contributed by atoms with Crippen molar-refractivity contribution in [2.45, 2.75) is 77.2 Å². The first-order valence-electron chi connectivity index (χ1n) is 19.0. The normalized spacial score (nSPS) is 18.9. The minimum Gasteiger partial charge on any atom is -0.367 e. The number of fused-ring (bicyclic) bond motifs is 2. The Morgan fingerprint density at radius 1 is 0.750 bits per heavy atom. The number of aromatic nitrogens is 6. The Labute approximate surface area is 346 Å². The summed E-state index contributed by atoms with van der Waals surface area (Å²) in [5.41, 5.74) is 16.9. The maximum Gasteiger partial charge on any atom is 0.248 e. The van der Waals surface area contributed by atoms with E-state index in [4.69, 9.17) is 15.9 Å². The summed E-state index contributed by atoms with van der Waals surface area (Å²) in [6.07, 6.45) is 3.64. The van der Waals surface area contributed by atoms with Crippen molar-refractivity contribution < 1.29 is 4.79 Å².